The average Bonchev–Trinajstić information content (AvgIpc) is 2.47. The molecule has 2 fully saturated rings. The molecule has 1 aliphatic carbocycles. The molecule has 3 rings (SSSR count). The molecule has 2 aliphatic rings. The first-order valence-electron chi connectivity index (χ1n) is 6.98. The molecule has 0 bridgehead atoms. The monoisotopic (exact) mass is 241 g/mol. The lowest BCUT2D eigenvalue weighted by Crippen LogP contribution is -2.41. The minimum absolute atomic E-state index is 0.526. The van der Waals surface area contributed by atoms with Crippen molar-refractivity contribution in [2.45, 2.75) is 32.1 Å². The van der Waals surface area contributed by atoms with Crippen LogP contribution in [0.15, 0.2) is 18.3 Å². The van der Waals surface area contributed by atoms with Gasteiger partial charge >= 0.3 is 0 Å². The Labute approximate surface area is 108 Å². The fourth-order valence-corrected chi connectivity index (χ4v) is 3.51. The van der Waals surface area contributed by atoms with Gasteiger partial charge < -0.3 is 4.90 Å². The lowest BCUT2D eigenvalue weighted by atomic mass is 9.75. The predicted octanol–water partition coefficient (Wildman–Crippen LogP) is 2.97. The summed E-state index contributed by atoms with van der Waals surface area (Å²) in [7, 11) is 0. The van der Waals surface area contributed by atoms with Gasteiger partial charge in [-0.3, -0.25) is 0 Å². The van der Waals surface area contributed by atoms with Crippen LogP contribution < -0.4 is 4.90 Å². The summed E-state index contributed by atoms with van der Waals surface area (Å²) in [4.78, 5) is 6.49. The molecule has 3 nitrogen and oxygen atoms in total. The molecule has 0 N–H and O–H groups in total. The van der Waals surface area contributed by atoms with Crippen LogP contribution in [0.1, 0.15) is 37.8 Å². The number of anilines is 1. The SMILES string of the molecule is N#Cc1cc(N2CCC3CCCCC3C2)ccn1. The largest absolute Gasteiger partial charge is 0.371 e. The van der Waals surface area contributed by atoms with E-state index in [0.29, 0.717) is 5.69 Å². The molecule has 0 aromatic carbocycles. The van der Waals surface area contributed by atoms with E-state index in [1.165, 1.54) is 44.3 Å². The van der Waals surface area contributed by atoms with Crippen LogP contribution in [0.4, 0.5) is 5.69 Å². The summed E-state index contributed by atoms with van der Waals surface area (Å²) in [6, 6.07) is 6.08. The Morgan fingerprint density at radius 2 is 2.06 bits per heavy atom. The molecular formula is C15H19N3. The molecule has 94 valence electrons. The number of aromatic nitrogens is 1. The Morgan fingerprint density at radius 3 is 2.89 bits per heavy atom. The molecule has 3 heteroatoms. The van der Waals surface area contributed by atoms with Gasteiger partial charge in [0.25, 0.3) is 0 Å². The Hall–Kier alpha value is -1.56. The van der Waals surface area contributed by atoms with Gasteiger partial charge in [-0.15, -0.1) is 0 Å². The van der Waals surface area contributed by atoms with Crippen molar-refractivity contribution in [3.63, 3.8) is 0 Å². The number of rotatable bonds is 1. The van der Waals surface area contributed by atoms with Crippen molar-refractivity contribution in [3.8, 4) is 6.07 Å². The van der Waals surface area contributed by atoms with Crippen LogP contribution in [0.25, 0.3) is 0 Å². The summed E-state index contributed by atoms with van der Waals surface area (Å²) >= 11 is 0. The van der Waals surface area contributed by atoms with Crippen molar-refractivity contribution in [1.29, 1.82) is 5.26 Å². The summed E-state index contributed by atoms with van der Waals surface area (Å²) in [5.74, 6) is 1.82. The van der Waals surface area contributed by atoms with Crippen molar-refractivity contribution in [2.75, 3.05) is 18.0 Å². The van der Waals surface area contributed by atoms with Crippen LogP contribution in [-0.2, 0) is 0 Å². The summed E-state index contributed by atoms with van der Waals surface area (Å²) in [5, 5.41) is 8.92. The minimum Gasteiger partial charge on any atom is -0.371 e. The molecule has 1 aliphatic heterocycles. The van der Waals surface area contributed by atoms with Crippen molar-refractivity contribution >= 4 is 5.69 Å². The number of piperidine rings is 1. The van der Waals surface area contributed by atoms with Crippen molar-refractivity contribution in [3.05, 3.63) is 24.0 Å². The highest BCUT2D eigenvalue weighted by atomic mass is 15.1. The van der Waals surface area contributed by atoms with Gasteiger partial charge in [-0.1, -0.05) is 19.3 Å². The first kappa shape index (κ1) is 11.5. The maximum absolute atomic E-state index is 8.92. The second kappa shape index (κ2) is 4.97. The lowest BCUT2D eigenvalue weighted by molar-refractivity contribution is 0.202. The third kappa shape index (κ3) is 2.20. The summed E-state index contributed by atoms with van der Waals surface area (Å²) in [6.45, 7) is 2.30. The third-order valence-corrected chi connectivity index (χ3v) is 4.51. The zero-order valence-electron chi connectivity index (χ0n) is 10.7. The molecular weight excluding hydrogens is 222 g/mol. The third-order valence-electron chi connectivity index (χ3n) is 4.51. The lowest BCUT2D eigenvalue weighted by Gasteiger charge is -2.42. The van der Waals surface area contributed by atoms with Crippen molar-refractivity contribution in [2.24, 2.45) is 11.8 Å². The molecule has 2 heterocycles. The molecule has 18 heavy (non-hydrogen) atoms. The smallest absolute Gasteiger partial charge is 0.142 e. The molecule has 1 aromatic heterocycles. The normalized spacial score (nSPS) is 27.4. The summed E-state index contributed by atoms with van der Waals surface area (Å²) < 4.78 is 0. The van der Waals surface area contributed by atoms with Gasteiger partial charge in [0.05, 0.1) is 0 Å². The van der Waals surface area contributed by atoms with Gasteiger partial charge in [-0.2, -0.15) is 5.26 Å². The van der Waals surface area contributed by atoms with E-state index in [2.05, 4.69) is 16.0 Å². The molecule has 0 amide bonds. The second-order valence-electron chi connectivity index (χ2n) is 5.55. The molecule has 0 spiro atoms. The van der Waals surface area contributed by atoms with E-state index in [1.807, 2.05) is 12.1 Å². The predicted molar refractivity (Wildman–Crippen MR) is 71.2 cm³/mol. The van der Waals surface area contributed by atoms with E-state index in [1.54, 1.807) is 6.20 Å². The van der Waals surface area contributed by atoms with E-state index in [4.69, 9.17) is 5.26 Å². The van der Waals surface area contributed by atoms with Crippen molar-refractivity contribution in [1.82, 2.24) is 4.98 Å². The Bertz CT molecular complexity index is 463. The van der Waals surface area contributed by atoms with Gasteiger partial charge in [-0.25, -0.2) is 4.98 Å². The highest BCUT2D eigenvalue weighted by molar-refractivity contribution is 5.49. The molecule has 2 unspecified atom stereocenters. The Balaban J connectivity index is 1.75. The molecule has 1 aromatic rings. The minimum atomic E-state index is 0.526. The van der Waals surface area contributed by atoms with Crippen LogP contribution >= 0.6 is 0 Å². The number of fused-ring (bicyclic) bond motifs is 1. The van der Waals surface area contributed by atoms with Gasteiger partial charge in [0.15, 0.2) is 0 Å². The van der Waals surface area contributed by atoms with Crippen molar-refractivity contribution < 1.29 is 0 Å². The first-order valence-corrected chi connectivity index (χ1v) is 6.98. The quantitative estimate of drug-likeness (QED) is 0.759. The van der Waals surface area contributed by atoms with Crippen LogP contribution in [-0.4, -0.2) is 18.1 Å². The number of nitrogens with zero attached hydrogens (tertiary/aromatic N) is 3. The van der Waals surface area contributed by atoms with Gasteiger partial charge in [0.1, 0.15) is 11.8 Å². The Kier molecular flexibility index (Phi) is 3.19. The van der Waals surface area contributed by atoms with Crippen LogP contribution in [0.5, 0.6) is 0 Å². The molecule has 2 atom stereocenters. The zero-order valence-corrected chi connectivity index (χ0v) is 10.7. The van der Waals surface area contributed by atoms with Crippen LogP contribution in [0.3, 0.4) is 0 Å². The maximum atomic E-state index is 8.92. The summed E-state index contributed by atoms with van der Waals surface area (Å²) in [5.41, 5.74) is 1.70. The van der Waals surface area contributed by atoms with E-state index >= 15 is 0 Å². The van der Waals surface area contributed by atoms with Gasteiger partial charge in [0.2, 0.25) is 0 Å². The number of hydrogen-bond acceptors (Lipinski definition) is 3. The highest BCUT2D eigenvalue weighted by Gasteiger charge is 2.31. The number of pyridine rings is 1. The fraction of sp³-hybridized carbons (Fsp3) is 0.600. The van der Waals surface area contributed by atoms with Crippen LogP contribution in [0, 0.1) is 23.2 Å². The molecule has 1 saturated carbocycles. The van der Waals surface area contributed by atoms with Gasteiger partial charge in [-0.05, 0) is 36.8 Å². The standard InChI is InChI=1S/C15H19N3/c16-10-14-9-15(5-7-17-14)18-8-6-12-3-1-2-4-13(12)11-18/h5,7,9,12-13H,1-4,6,8,11H2. The van der Waals surface area contributed by atoms with Gasteiger partial charge in [0, 0.05) is 25.0 Å². The van der Waals surface area contributed by atoms with E-state index in [-0.39, 0.29) is 0 Å². The zero-order chi connectivity index (χ0) is 12.4. The second-order valence-corrected chi connectivity index (χ2v) is 5.55. The average molecular weight is 241 g/mol. The van der Waals surface area contributed by atoms with E-state index < -0.39 is 0 Å². The maximum Gasteiger partial charge on any atom is 0.142 e. The number of hydrogen-bond donors (Lipinski definition) is 0. The molecule has 1 saturated heterocycles. The van der Waals surface area contributed by atoms with E-state index in [9.17, 15) is 0 Å². The molecule has 0 radical (unpaired) electrons. The van der Waals surface area contributed by atoms with Crippen LogP contribution in [0.2, 0.25) is 0 Å². The highest BCUT2D eigenvalue weighted by Crippen LogP contribution is 2.37. The Morgan fingerprint density at radius 1 is 1.22 bits per heavy atom. The van der Waals surface area contributed by atoms with E-state index in [0.717, 1.165) is 18.4 Å². The summed E-state index contributed by atoms with van der Waals surface area (Å²) in [6.07, 6.45) is 8.70. The topological polar surface area (TPSA) is 39.9 Å². The first-order chi connectivity index (χ1) is 8.86. The number of nitriles is 1. The fourth-order valence-electron chi connectivity index (χ4n) is 3.51.